The molecule has 5 heteroatoms. The molecule has 0 aromatic rings. The zero-order chi connectivity index (χ0) is 9.80. The first-order valence-electron chi connectivity index (χ1n) is 5.50. The monoisotopic (exact) mass is 199 g/mol. The lowest BCUT2D eigenvalue weighted by Gasteiger charge is -2.38. The molecule has 2 saturated heterocycles. The van der Waals surface area contributed by atoms with Crippen molar-refractivity contribution in [1.82, 2.24) is 25.8 Å². The van der Waals surface area contributed by atoms with Crippen molar-refractivity contribution in [2.24, 2.45) is 0 Å². The molecule has 0 aliphatic carbocycles. The predicted molar refractivity (Wildman–Crippen MR) is 56.4 cm³/mol. The Hall–Kier alpha value is -0.200. The van der Waals surface area contributed by atoms with Crippen LogP contribution in [0.15, 0.2) is 0 Å². The molecule has 0 radical (unpaired) electrons. The van der Waals surface area contributed by atoms with Gasteiger partial charge in [0.2, 0.25) is 0 Å². The average molecular weight is 199 g/mol. The van der Waals surface area contributed by atoms with Crippen LogP contribution < -0.4 is 10.9 Å². The SMILES string of the molecule is CN1CCCN(CN2CCNCC2)N1. The van der Waals surface area contributed by atoms with Gasteiger partial charge in [0.05, 0.1) is 6.67 Å². The predicted octanol–water partition coefficient (Wildman–Crippen LogP) is -1.09. The van der Waals surface area contributed by atoms with E-state index in [9.17, 15) is 0 Å². The molecule has 2 aliphatic rings. The van der Waals surface area contributed by atoms with Crippen molar-refractivity contribution >= 4 is 0 Å². The average Bonchev–Trinajstić information content (AvgIpc) is 2.19. The van der Waals surface area contributed by atoms with Crippen molar-refractivity contribution in [1.29, 1.82) is 0 Å². The summed E-state index contributed by atoms with van der Waals surface area (Å²) in [5, 5.41) is 7.83. The summed E-state index contributed by atoms with van der Waals surface area (Å²) in [6.45, 7) is 7.95. The lowest BCUT2D eigenvalue weighted by molar-refractivity contribution is -0.0350. The second-order valence-electron chi connectivity index (χ2n) is 4.15. The molecule has 0 aromatic carbocycles. The van der Waals surface area contributed by atoms with Gasteiger partial charge in [0, 0.05) is 46.3 Å². The molecule has 82 valence electrons. The molecular formula is C9H21N5. The molecule has 2 aliphatic heterocycles. The van der Waals surface area contributed by atoms with Crippen LogP contribution in [0.2, 0.25) is 0 Å². The number of hydrogen-bond acceptors (Lipinski definition) is 5. The quantitative estimate of drug-likeness (QED) is 0.590. The zero-order valence-electron chi connectivity index (χ0n) is 9.00. The number of hydrogen-bond donors (Lipinski definition) is 2. The first-order chi connectivity index (χ1) is 6.84. The van der Waals surface area contributed by atoms with Crippen molar-refractivity contribution in [2.45, 2.75) is 6.42 Å². The number of piperazine rings is 1. The molecule has 0 amide bonds. The molecule has 5 nitrogen and oxygen atoms in total. The highest BCUT2D eigenvalue weighted by Gasteiger charge is 2.17. The molecule has 0 saturated carbocycles. The van der Waals surface area contributed by atoms with Gasteiger partial charge in [0.15, 0.2) is 0 Å². The van der Waals surface area contributed by atoms with Gasteiger partial charge in [-0.15, -0.1) is 0 Å². The molecule has 2 rings (SSSR count). The van der Waals surface area contributed by atoms with Gasteiger partial charge < -0.3 is 5.32 Å². The lowest BCUT2D eigenvalue weighted by atomic mass is 10.3. The van der Waals surface area contributed by atoms with E-state index in [1.165, 1.54) is 19.5 Å². The molecule has 0 unspecified atom stereocenters. The van der Waals surface area contributed by atoms with Gasteiger partial charge in [-0.2, -0.15) is 5.53 Å². The summed E-state index contributed by atoms with van der Waals surface area (Å²) in [4.78, 5) is 2.49. The highest BCUT2D eigenvalue weighted by atomic mass is 15.8. The van der Waals surface area contributed by atoms with E-state index in [-0.39, 0.29) is 0 Å². The minimum absolute atomic E-state index is 1.05. The Morgan fingerprint density at radius 1 is 1.07 bits per heavy atom. The van der Waals surface area contributed by atoms with E-state index >= 15 is 0 Å². The molecule has 0 spiro atoms. The van der Waals surface area contributed by atoms with Gasteiger partial charge in [0.25, 0.3) is 0 Å². The standard InChI is InChI=1S/C9H21N5/c1-12-5-2-6-14(11-12)9-13-7-3-10-4-8-13/h10-11H,2-9H2,1H3. The summed E-state index contributed by atoms with van der Waals surface area (Å²) in [6, 6.07) is 0. The van der Waals surface area contributed by atoms with E-state index in [2.05, 4.69) is 32.8 Å². The van der Waals surface area contributed by atoms with Crippen LogP contribution in [0, 0.1) is 0 Å². The molecule has 14 heavy (non-hydrogen) atoms. The third-order valence-electron chi connectivity index (χ3n) is 2.81. The zero-order valence-corrected chi connectivity index (χ0v) is 9.00. The first-order valence-corrected chi connectivity index (χ1v) is 5.50. The molecule has 2 N–H and O–H groups in total. The van der Waals surface area contributed by atoms with Gasteiger partial charge in [0.1, 0.15) is 0 Å². The van der Waals surface area contributed by atoms with E-state index in [1.54, 1.807) is 0 Å². The van der Waals surface area contributed by atoms with Gasteiger partial charge in [-0.05, 0) is 6.42 Å². The fraction of sp³-hybridized carbons (Fsp3) is 1.00. The normalized spacial score (nSPS) is 28.1. The van der Waals surface area contributed by atoms with E-state index in [1.807, 2.05) is 0 Å². The second-order valence-corrected chi connectivity index (χ2v) is 4.15. The van der Waals surface area contributed by atoms with E-state index in [0.29, 0.717) is 0 Å². The Labute approximate surface area is 86.0 Å². The van der Waals surface area contributed by atoms with Crippen LogP contribution in [-0.2, 0) is 0 Å². The minimum atomic E-state index is 1.05. The number of hydrazine groups is 2. The van der Waals surface area contributed by atoms with Crippen molar-refractivity contribution in [2.75, 3.05) is 53.0 Å². The number of nitrogens with zero attached hydrogens (tertiary/aromatic N) is 3. The second kappa shape index (κ2) is 5.04. The maximum atomic E-state index is 3.37. The fourth-order valence-electron chi connectivity index (χ4n) is 2.04. The van der Waals surface area contributed by atoms with Gasteiger partial charge in [-0.25, -0.2) is 10.0 Å². The molecule has 0 atom stereocenters. The van der Waals surface area contributed by atoms with Crippen LogP contribution in [0.1, 0.15) is 6.42 Å². The number of rotatable bonds is 2. The Morgan fingerprint density at radius 2 is 1.86 bits per heavy atom. The van der Waals surface area contributed by atoms with E-state index < -0.39 is 0 Å². The Morgan fingerprint density at radius 3 is 2.57 bits per heavy atom. The third kappa shape index (κ3) is 2.90. The molecule has 0 bridgehead atoms. The van der Waals surface area contributed by atoms with Crippen LogP contribution in [-0.4, -0.2) is 67.9 Å². The first kappa shape index (κ1) is 10.3. The van der Waals surface area contributed by atoms with Crippen LogP contribution >= 0.6 is 0 Å². The van der Waals surface area contributed by atoms with Crippen LogP contribution in [0.3, 0.4) is 0 Å². The Kier molecular flexibility index (Phi) is 3.72. The lowest BCUT2D eigenvalue weighted by Crippen LogP contribution is -2.58. The van der Waals surface area contributed by atoms with Gasteiger partial charge in [-0.1, -0.05) is 0 Å². The summed E-state index contributed by atoms with van der Waals surface area (Å²) < 4.78 is 0. The largest absolute Gasteiger partial charge is 0.314 e. The van der Waals surface area contributed by atoms with Crippen molar-refractivity contribution in [3.8, 4) is 0 Å². The van der Waals surface area contributed by atoms with Crippen molar-refractivity contribution in [3.05, 3.63) is 0 Å². The maximum Gasteiger partial charge on any atom is 0.0660 e. The highest BCUT2D eigenvalue weighted by molar-refractivity contribution is 4.68. The van der Waals surface area contributed by atoms with E-state index in [4.69, 9.17) is 0 Å². The summed E-state index contributed by atoms with van der Waals surface area (Å²) in [5.74, 6) is 0. The summed E-state index contributed by atoms with van der Waals surface area (Å²) in [6.07, 6.45) is 1.26. The highest BCUT2D eigenvalue weighted by Crippen LogP contribution is 2.00. The summed E-state index contributed by atoms with van der Waals surface area (Å²) in [5.41, 5.74) is 3.37. The number of nitrogens with one attached hydrogen (secondary N) is 2. The van der Waals surface area contributed by atoms with Crippen LogP contribution in [0.4, 0.5) is 0 Å². The topological polar surface area (TPSA) is 33.8 Å². The van der Waals surface area contributed by atoms with Crippen LogP contribution in [0.25, 0.3) is 0 Å². The minimum Gasteiger partial charge on any atom is -0.314 e. The van der Waals surface area contributed by atoms with Gasteiger partial charge >= 0.3 is 0 Å². The fourth-order valence-corrected chi connectivity index (χ4v) is 2.04. The molecule has 2 heterocycles. The molecular weight excluding hydrogens is 178 g/mol. The molecule has 0 aromatic heterocycles. The third-order valence-corrected chi connectivity index (χ3v) is 2.81. The van der Waals surface area contributed by atoms with Crippen LogP contribution in [0.5, 0.6) is 0 Å². The maximum absolute atomic E-state index is 3.37. The Balaban J connectivity index is 1.72. The van der Waals surface area contributed by atoms with E-state index in [0.717, 1.165) is 32.8 Å². The van der Waals surface area contributed by atoms with Crippen molar-refractivity contribution in [3.63, 3.8) is 0 Å². The smallest absolute Gasteiger partial charge is 0.0660 e. The summed E-state index contributed by atoms with van der Waals surface area (Å²) >= 11 is 0. The summed E-state index contributed by atoms with van der Waals surface area (Å²) in [7, 11) is 2.10. The van der Waals surface area contributed by atoms with Gasteiger partial charge in [-0.3, -0.25) is 4.90 Å². The van der Waals surface area contributed by atoms with Crippen molar-refractivity contribution < 1.29 is 0 Å². The Bertz CT molecular complexity index is 169. The molecule has 2 fully saturated rings.